The van der Waals surface area contributed by atoms with Crippen molar-refractivity contribution in [1.29, 1.82) is 0 Å². The van der Waals surface area contributed by atoms with E-state index in [1.165, 1.54) is 20.1 Å². The maximum Gasteiger partial charge on any atom is 0.408 e. The van der Waals surface area contributed by atoms with Crippen molar-refractivity contribution in [3.63, 3.8) is 0 Å². The highest BCUT2D eigenvalue weighted by molar-refractivity contribution is 6.03. The van der Waals surface area contributed by atoms with Gasteiger partial charge in [-0.15, -0.1) is 0 Å². The predicted octanol–water partition coefficient (Wildman–Crippen LogP) is 3.78. The number of hydrogen-bond donors (Lipinski definition) is 1. The van der Waals surface area contributed by atoms with Crippen LogP contribution < -0.4 is 5.32 Å². The molecule has 0 aliphatic heterocycles. The number of rotatable bonds is 5. The summed E-state index contributed by atoms with van der Waals surface area (Å²) in [5.41, 5.74) is -3.23. The van der Waals surface area contributed by atoms with E-state index in [-0.39, 0.29) is 5.76 Å². The van der Waals surface area contributed by atoms with Crippen LogP contribution >= 0.6 is 0 Å². The third kappa shape index (κ3) is 5.61. The van der Waals surface area contributed by atoms with E-state index in [1.807, 2.05) is 0 Å². The summed E-state index contributed by atoms with van der Waals surface area (Å²) in [6, 6.07) is 2.10. The molecule has 0 unspecified atom stereocenters. The summed E-state index contributed by atoms with van der Waals surface area (Å²) in [7, 11) is 0. The van der Waals surface area contributed by atoms with E-state index in [1.54, 1.807) is 53.7 Å². The van der Waals surface area contributed by atoms with Gasteiger partial charge in [-0.05, 0) is 67.5 Å². The van der Waals surface area contributed by atoms with Crippen LogP contribution in [0, 0.1) is 5.41 Å². The van der Waals surface area contributed by atoms with Crippen molar-refractivity contribution in [2.75, 3.05) is 0 Å². The summed E-state index contributed by atoms with van der Waals surface area (Å²) < 4.78 is 16.1. The molecule has 1 amide bonds. The molecular formula is C19H29NO6. The average Bonchev–Trinajstić information content (AvgIpc) is 2.93. The van der Waals surface area contributed by atoms with Crippen molar-refractivity contribution < 1.29 is 28.3 Å². The molecular weight excluding hydrogens is 338 g/mol. The van der Waals surface area contributed by atoms with Gasteiger partial charge in [-0.2, -0.15) is 0 Å². The Kier molecular flexibility index (Phi) is 6.28. The molecule has 1 rings (SSSR count). The van der Waals surface area contributed by atoms with Crippen molar-refractivity contribution in [2.45, 2.75) is 72.6 Å². The maximum absolute atomic E-state index is 12.8. The molecule has 0 spiro atoms. The van der Waals surface area contributed by atoms with Crippen LogP contribution in [-0.4, -0.2) is 29.0 Å². The Bertz CT molecular complexity index is 651. The molecule has 1 aromatic rings. The van der Waals surface area contributed by atoms with E-state index in [4.69, 9.17) is 13.9 Å². The number of esters is 1. The van der Waals surface area contributed by atoms with Gasteiger partial charge in [-0.25, -0.2) is 4.79 Å². The Labute approximate surface area is 154 Å². The van der Waals surface area contributed by atoms with Crippen LogP contribution in [0.2, 0.25) is 0 Å². The van der Waals surface area contributed by atoms with Gasteiger partial charge < -0.3 is 19.2 Å². The van der Waals surface area contributed by atoms with Gasteiger partial charge in [0.1, 0.15) is 28.8 Å². The Morgan fingerprint density at radius 3 is 1.92 bits per heavy atom. The first-order valence-corrected chi connectivity index (χ1v) is 8.44. The minimum atomic E-state index is -1.69. The van der Waals surface area contributed by atoms with E-state index in [0.717, 1.165) is 0 Å². The summed E-state index contributed by atoms with van der Waals surface area (Å²) in [6.45, 7) is 13.0. The van der Waals surface area contributed by atoms with Crippen molar-refractivity contribution in [3.8, 4) is 0 Å². The lowest BCUT2D eigenvalue weighted by atomic mass is 9.77. The molecule has 0 saturated heterocycles. The first-order valence-electron chi connectivity index (χ1n) is 8.44. The number of amides is 1. The van der Waals surface area contributed by atoms with Crippen LogP contribution in [0.3, 0.4) is 0 Å². The van der Waals surface area contributed by atoms with Crippen LogP contribution in [0.25, 0.3) is 0 Å². The van der Waals surface area contributed by atoms with Gasteiger partial charge in [0, 0.05) is 0 Å². The van der Waals surface area contributed by atoms with Crippen molar-refractivity contribution in [1.82, 2.24) is 5.32 Å². The number of furan rings is 1. The van der Waals surface area contributed by atoms with E-state index >= 15 is 0 Å². The average molecular weight is 367 g/mol. The van der Waals surface area contributed by atoms with Crippen LogP contribution in [-0.2, 0) is 19.1 Å². The molecule has 0 radical (unpaired) electrons. The van der Waals surface area contributed by atoms with E-state index in [9.17, 15) is 14.4 Å². The molecule has 146 valence electrons. The molecule has 1 N–H and O–H groups in total. The minimum absolute atomic E-state index is 0.249. The normalized spacial score (nSPS) is 15.5. The fourth-order valence-electron chi connectivity index (χ4n) is 2.23. The third-order valence-electron chi connectivity index (χ3n) is 3.62. The van der Waals surface area contributed by atoms with Gasteiger partial charge in [0.2, 0.25) is 0 Å². The molecule has 1 aromatic heterocycles. The van der Waals surface area contributed by atoms with E-state index in [0.29, 0.717) is 0 Å². The minimum Gasteiger partial charge on any atom is -0.467 e. The number of carbonyl (C=O) groups excluding carboxylic acids is 3. The van der Waals surface area contributed by atoms with Gasteiger partial charge in [0.25, 0.3) is 0 Å². The van der Waals surface area contributed by atoms with Gasteiger partial charge in [-0.3, -0.25) is 9.59 Å². The molecule has 0 bridgehead atoms. The lowest BCUT2D eigenvalue weighted by Crippen LogP contribution is -2.51. The zero-order valence-electron chi connectivity index (χ0n) is 16.8. The van der Waals surface area contributed by atoms with Crippen LogP contribution in [0.15, 0.2) is 22.8 Å². The molecule has 0 saturated carbocycles. The van der Waals surface area contributed by atoms with E-state index < -0.39 is 40.5 Å². The third-order valence-corrected chi connectivity index (χ3v) is 3.62. The standard InChI is InChI=1S/C19H29NO6/c1-12(21)19(8,15(22)25-17(2,3)4)14(13-10-9-11-24-13)20-16(23)26-18(5,6)7/h9-11,14H,1-8H3,(H,20,23)/t14-,19-/m0/s1. The summed E-state index contributed by atoms with van der Waals surface area (Å²) in [6.07, 6.45) is 0.629. The molecule has 0 aliphatic carbocycles. The highest BCUT2D eigenvalue weighted by Crippen LogP contribution is 2.38. The first kappa shape index (κ1) is 21.7. The summed E-state index contributed by atoms with van der Waals surface area (Å²) in [5.74, 6) is -0.974. The second-order valence-corrected chi connectivity index (χ2v) is 8.36. The number of Topliss-reactive ketones (excluding diaryl/α,β-unsaturated/α-hetero) is 1. The lowest BCUT2D eigenvalue weighted by molar-refractivity contribution is -0.171. The summed E-state index contributed by atoms with van der Waals surface area (Å²) >= 11 is 0. The van der Waals surface area contributed by atoms with Crippen LogP contribution in [0.4, 0.5) is 4.79 Å². The van der Waals surface area contributed by atoms with Gasteiger partial charge >= 0.3 is 12.1 Å². The highest BCUT2D eigenvalue weighted by atomic mass is 16.6. The summed E-state index contributed by atoms with van der Waals surface area (Å²) in [4.78, 5) is 37.6. The number of ketones is 1. The van der Waals surface area contributed by atoms with E-state index in [2.05, 4.69) is 5.32 Å². The van der Waals surface area contributed by atoms with Gasteiger partial charge in [0.05, 0.1) is 6.26 Å². The van der Waals surface area contributed by atoms with Gasteiger partial charge in [-0.1, -0.05) is 0 Å². The smallest absolute Gasteiger partial charge is 0.408 e. The predicted molar refractivity (Wildman–Crippen MR) is 95.5 cm³/mol. The summed E-state index contributed by atoms with van der Waals surface area (Å²) in [5, 5.41) is 2.59. The fourth-order valence-corrected chi connectivity index (χ4v) is 2.23. The quantitative estimate of drug-likeness (QED) is 0.628. The van der Waals surface area contributed by atoms with Crippen molar-refractivity contribution in [3.05, 3.63) is 24.2 Å². The number of nitrogens with one attached hydrogen (secondary N) is 1. The molecule has 0 aliphatic rings. The van der Waals surface area contributed by atoms with Gasteiger partial charge in [0.15, 0.2) is 5.41 Å². The van der Waals surface area contributed by atoms with Crippen LogP contribution in [0.1, 0.15) is 67.2 Å². The SMILES string of the molecule is CC(=O)[C@](C)(C(=O)OC(C)(C)C)[C@@H](NC(=O)OC(C)(C)C)c1ccco1. The number of alkyl carbamates (subject to hydrolysis) is 1. The van der Waals surface area contributed by atoms with Crippen LogP contribution in [0.5, 0.6) is 0 Å². The second-order valence-electron chi connectivity index (χ2n) is 8.36. The molecule has 2 atom stereocenters. The Morgan fingerprint density at radius 2 is 1.54 bits per heavy atom. The van der Waals surface area contributed by atoms with Crippen molar-refractivity contribution in [2.24, 2.45) is 5.41 Å². The molecule has 26 heavy (non-hydrogen) atoms. The largest absolute Gasteiger partial charge is 0.467 e. The second kappa shape index (κ2) is 7.51. The molecule has 7 heteroatoms. The monoisotopic (exact) mass is 367 g/mol. The zero-order valence-corrected chi connectivity index (χ0v) is 16.8. The lowest BCUT2D eigenvalue weighted by Gasteiger charge is -2.35. The maximum atomic E-state index is 12.8. The molecule has 0 aromatic carbocycles. The Balaban J connectivity index is 3.30. The fraction of sp³-hybridized carbons (Fsp3) is 0.632. The molecule has 7 nitrogen and oxygen atoms in total. The molecule has 1 heterocycles. The molecule has 0 fully saturated rings. The number of ether oxygens (including phenoxy) is 2. The highest BCUT2D eigenvalue weighted by Gasteiger charge is 2.51. The Hall–Kier alpha value is -2.31. The zero-order chi connectivity index (χ0) is 20.3. The number of hydrogen-bond acceptors (Lipinski definition) is 6. The Morgan fingerprint density at radius 1 is 1.00 bits per heavy atom. The topological polar surface area (TPSA) is 94.8 Å². The first-order chi connectivity index (χ1) is 11.7. The van der Waals surface area contributed by atoms with Crippen molar-refractivity contribution >= 4 is 17.8 Å². The number of carbonyl (C=O) groups is 3.